The molecule has 6 aliphatic carbocycles. The smallest absolute Gasteiger partial charge is 0.0726 e. The molecule has 1 aromatic heterocycles. The summed E-state index contributed by atoms with van der Waals surface area (Å²) in [5, 5.41) is 1.19. The number of benzene rings is 6. The van der Waals surface area contributed by atoms with Gasteiger partial charge in [0.05, 0.1) is 22.0 Å². The molecule has 0 N–H and O–H groups in total. The molecule has 0 aliphatic heterocycles. The molecule has 4 unspecified atom stereocenters. The number of aromatic nitrogens is 1. The van der Waals surface area contributed by atoms with E-state index in [9.17, 15) is 0 Å². The lowest BCUT2D eigenvalue weighted by Gasteiger charge is -2.51. The van der Waals surface area contributed by atoms with Crippen LogP contribution in [0.25, 0.3) is 38.9 Å². The molecular formula is C57H39N. The first kappa shape index (κ1) is 32.3. The highest BCUT2D eigenvalue weighted by Crippen LogP contribution is 2.69. The largest absolute Gasteiger partial charge is 0.248 e. The molecule has 1 heteroatoms. The number of rotatable bonds is 2. The monoisotopic (exact) mass is 737 g/mol. The van der Waals surface area contributed by atoms with Gasteiger partial charge in [-0.2, -0.15) is 0 Å². The van der Waals surface area contributed by atoms with E-state index in [1.54, 1.807) is 0 Å². The maximum atomic E-state index is 5.65. The Morgan fingerprint density at radius 3 is 2.05 bits per heavy atom. The zero-order chi connectivity index (χ0) is 38.0. The SMILES string of the molecule is C1=CCC2C=C(c3cc(-c4cccc5c4C4(c6ccccc6-c6ccccc64)c4ccccc4C54c5ccccc5C5C=CC=CC54)nc4ccccc34)C=CC2=C1. The van der Waals surface area contributed by atoms with Gasteiger partial charge >= 0.3 is 0 Å². The minimum atomic E-state index is -0.576. The summed E-state index contributed by atoms with van der Waals surface area (Å²) < 4.78 is 0. The summed E-state index contributed by atoms with van der Waals surface area (Å²) in [7, 11) is 0. The lowest BCUT2D eigenvalue weighted by atomic mass is 9.50. The van der Waals surface area contributed by atoms with Crippen molar-refractivity contribution < 1.29 is 0 Å². The molecule has 4 atom stereocenters. The molecule has 272 valence electrons. The molecule has 2 spiro atoms. The zero-order valence-corrected chi connectivity index (χ0v) is 32.0. The molecule has 1 nitrogen and oxygen atoms in total. The Labute approximate surface area is 339 Å². The quantitative estimate of drug-likeness (QED) is 0.172. The fourth-order valence-electron chi connectivity index (χ4n) is 12.2. The van der Waals surface area contributed by atoms with Gasteiger partial charge in [0, 0.05) is 28.7 Å². The normalized spacial score (nSPS) is 23.1. The Morgan fingerprint density at radius 1 is 0.534 bits per heavy atom. The van der Waals surface area contributed by atoms with E-state index < -0.39 is 10.8 Å². The molecule has 0 saturated carbocycles. The van der Waals surface area contributed by atoms with Crippen molar-refractivity contribution in [3.63, 3.8) is 0 Å². The van der Waals surface area contributed by atoms with E-state index in [1.807, 2.05) is 0 Å². The predicted molar refractivity (Wildman–Crippen MR) is 238 cm³/mol. The first-order valence-electron chi connectivity index (χ1n) is 20.8. The second-order valence-corrected chi connectivity index (χ2v) is 16.8. The van der Waals surface area contributed by atoms with Gasteiger partial charge in [-0.05, 0) is 90.9 Å². The van der Waals surface area contributed by atoms with E-state index in [0.29, 0.717) is 5.92 Å². The van der Waals surface area contributed by atoms with Crippen molar-refractivity contribution in [3.05, 3.63) is 262 Å². The van der Waals surface area contributed by atoms with Gasteiger partial charge in [-0.3, -0.25) is 0 Å². The highest BCUT2D eigenvalue weighted by atomic mass is 14.7. The van der Waals surface area contributed by atoms with Gasteiger partial charge in [-0.1, -0.05) is 194 Å². The van der Waals surface area contributed by atoms with Crippen LogP contribution in [-0.2, 0) is 10.8 Å². The van der Waals surface area contributed by atoms with E-state index in [-0.39, 0.29) is 11.8 Å². The van der Waals surface area contributed by atoms with Crippen molar-refractivity contribution in [3.8, 4) is 22.4 Å². The average molecular weight is 738 g/mol. The Hall–Kier alpha value is -6.83. The second kappa shape index (κ2) is 11.9. The van der Waals surface area contributed by atoms with Crippen molar-refractivity contribution in [2.75, 3.05) is 0 Å². The standard InChI is InChI=1S/C57H39N/c1-2-17-37-34-38(33-32-36(37)16-1)45-35-54(58-53-31-14-7-22-43(45)53)44-23-15-30-52-55(44)57(48-26-10-5-20-41(48)42-21-6-11-27-49(42)57)51-29-13-12-28-50(51)56(52)46-24-8-3-18-39(46)40-19-4-9-25-47(40)56/h1-16,18-35,37,39,46H,17H2. The van der Waals surface area contributed by atoms with Crippen LogP contribution in [0.1, 0.15) is 62.4 Å². The van der Waals surface area contributed by atoms with E-state index in [2.05, 4.69) is 206 Å². The third kappa shape index (κ3) is 3.99. The molecule has 7 aromatic rings. The molecule has 0 fully saturated rings. The number of allylic oxidation sites excluding steroid dienone is 12. The molecule has 1 heterocycles. The van der Waals surface area contributed by atoms with Crippen LogP contribution in [0, 0.1) is 11.8 Å². The second-order valence-electron chi connectivity index (χ2n) is 16.8. The minimum Gasteiger partial charge on any atom is -0.248 e. The topological polar surface area (TPSA) is 12.9 Å². The Kier molecular flexibility index (Phi) is 6.59. The van der Waals surface area contributed by atoms with Crippen LogP contribution in [0.3, 0.4) is 0 Å². The number of nitrogens with zero attached hydrogens (tertiary/aromatic N) is 1. The van der Waals surface area contributed by atoms with E-state index >= 15 is 0 Å². The van der Waals surface area contributed by atoms with Crippen molar-refractivity contribution in [1.29, 1.82) is 0 Å². The summed E-state index contributed by atoms with van der Waals surface area (Å²) in [6.45, 7) is 0. The maximum absolute atomic E-state index is 5.65. The third-order valence-electron chi connectivity index (χ3n) is 14.3. The van der Waals surface area contributed by atoms with Gasteiger partial charge in [0.2, 0.25) is 0 Å². The maximum Gasteiger partial charge on any atom is 0.0726 e. The lowest BCUT2D eigenvalue weighted by Crippen LogP contribution is -2.46. The number of para-hydroxylation sites is 1. The van der Waals surface area contributed by atoms with E-state index in [1.165, 1.54) is 83.3 Å². The summed E-state index contributed by atoms with van der Waals surface area (Å²) in [6.07, 6.45) is 24.4. The summed E-state index contributed by atoms with van der Waals surface area (Å²) in [5.41, 5.74) is 19.8. The molecule has 0 amide bonds. The molecule has 13 rings (SSSR count). The average Bonchev–Trinajstić information content (AvgIpc) is 3.76. The van der Waals surface area contributed by atoms with Gasteiger partial charge in [0.15, 0.2) is 0 Å². The van der Waals surface area contributed by atoms with E-state index in [4.69, 9.17) is 4.98 Å². The van der Waals surface area contributed by atoms with Crippen molar-refractivity contribution in [2.45, 2.75) is 23.2 Å². The molecule has 0 bridgehead atoms. The molecule has 0 saturated heterocycles. The van der Waals surface area contributed by atoms with E-state index in [0.717, 1.165) is 17.6 Å². The van der Waals surface area contributed by atoms with Crippen molar-refractivity contribution in [1.82, 2.24) is 4.98 Å². The third-order valence-corrected chi connectivity index (χ3v) is 14.3. The van der Waals surface area contributed by atoms with Crippen LogP contribution >= 0.6 is 0 Å². The molecule has 0 radical (unpaired) electrons. The minimum absolute atomic E-state index is 0.207. The Morgan fingerprint density at radius 2 is 1.21 bits per heavy atom. The lowest BCUT2D eigenvalue weighted by molar-refractivity contribution is 0.432. The first-order valence-corrected chi connectivity index (χ1v) is 20.8. The number of hydrogen-bond acceptors (Lipinski definition) is 1. The van der Waals surface area contributed by atoms with Gasteiger partial charge < -0.3 is 0 Å². The summed E-state index contributed by atoms with van der Waals surface area (Å²) in [6, 6.07) is 55.5. The molecule has 58 heavy (non-hydrogen) atoms. The van der Waals surface area contributed by atoms with Gasteiger partial charge in [-0.25, -0.2) is 4.98 Å². The fourth-order valence-corrected chi connectivity index (χ4v) is 12.2. The van der Waals surface area contributed by atoms with Gasteiger partial charge in [0.1, 0.15) is 0 Å². The van der Waals surface area contributed by atoms with Crippen LogP contribution in [0.2, 0.25) is 0 Å². The zero-order valence-electron chi connectivity index (χ0n) is 32.0. The van der Waals surface area contributed by atoms with Crippen LogP contribution in [0.5, 0.6) is 0 Å². The number of pyridine rings is 1. The van der Waals surface area contributed by atoms with Crippen molar-refractivity contribution >= 4 is 16.5 Å². The molecule has 6 aliphatic rings. The van der Waals surface area contributed by atoms with Crippen LogP contribution < -0.4 is 0 Å². The van der Waals surface area contributed by atoms with Crippen LogP contribution in [-0.4, -0.2) is 4.98 Å². The summed E-state index contributed by atoms with van der Waals surface area (Å²) in [4.78, 5) is 5.65. The summed E-state index contributed by atoms with van der Waals surface area (Å²) in [5.74, 6) is 0.856. The number of fused-ring (bicyclic) bond motifs is 18. The Balaban J connectivity index is 1.19. The Bertz CT molecular complexity index is 3080. The molecular weight excluding hydrogens is 699 g/mol. The van der Waals surface area contributed by atoms with Crippen LogP contribution in [0.15, 0.2) is 212 Å². The fraction of sp³-hybridized carbons (Fsp3) is 0.105. The highest BCUT2D eigenvalue weighted by molar-refractivity contribution is 5.98. The summed E-state index contributed by atoms with van der Waals surface area (Å²) >= 11 is 0. The number of hydrogen-bond donors (Lipinski definition) is 0. The molecule has 6 aromatic carbocycles. The van der Waals surface area contributed by atoms with Crippen LogP contribution in [0.4, 0.5) is 0 Å². The predicted octanol–water partition coefficient (Wildman–Crippen LogP) is 13.2. The van der Waals surface area contributed by atoms with Gasteiger partial charge in [-0.15, -0.1) is 0 Å². The van der Waals surface area contributed by atoms with Gasteiger partial charge in [0.25, 0.3) is 0 Å². The van der Waals surface area contributed by atoms with Crippen molar-refractivity contribution in [2.24, 2.45) is 11.8 Å². The first-order chi connectivity index (χ1) is 28.8. The highest BCUT2D eigenvalue weighted by Gasteiger charge is 2.62.